The first kappa shape index (κ1) is 23.4. The van der Waals surface area contributed by atoms with Crippen molar-refractivity contribution in [1.82, 2.24) is 9.80 Å². The average Bonchev–Trinajstić information content (AvgIpc) is 2.85. The van der Waals surface area contributed by atoms with Gasteiger partial charge in [0.25, 0.3) is 21.6 Å². The lowest BCUT2D eigenvalue weighted by molar-refractivity contribution is -0.385. The minimum absolute atomic E-state index is 0.130. The largest absolute Gasteiger partial charge is 0.336 e. The van der Waals surface area contributed by atoms with E-state index in [4.69, 9.17) is 0 Å². The Morgan fingerprint density at radius 2 is 1.59 bits per heavy atom. The van der Waals surface area contributed by atoms with Crippen LogP contribution in [0.1, 0.15) is 15.9 Å². The fourth-order valence-corrected chi connectivity index (χ4v) is 4.97. The molecule has 1 N–H and O–H groups in total. The number of hydrogen-bond donors (Lipinski definition) is 1. The van der Waals surface area contributed by atoms with Crippen molar-refractivity contribution in [2.45, 2.75) is 11.4 Å². The number of piperazine rings is 1. The molecule has 0 aromatic heterocycles. The van der Waals surface area contributed by atoms with Crippen LogP contribution in [0.25, 0.3) is 0 Å². The van der Waals surface area contributed by atoms with Crippen LogP contribution < -0.4 is 4.72 Å². The molecule has 0 aliphatic carbocycles. The van der Waals surface area contributed by atoms with Gasteiger partial charge in [0.1, 0.15) is 0 Å². The molecular weight excluding hydrogens is 456 g/mol. The first-order chi connectivity index (χ1) is 16.3. The van der Waals surface area contributed by atoms with Crippen LogP contribution in [0.3, 0.4) is 0 Å². The van der Waals surface area contributed by atoms with E-state index in [9.17, 15) is 23.3 Å². The summed E-state index contributed by atoms with van der Waals surface area (Å²) in [6, 6.07) is 21.3. The van der Waals surface area contributed by atoms with Gasteiger partial charge in [0.05, 0.1) is 21.1 Å². The van der Waals surface area contributed by atoms with E-state index in [1.807, 2.05) is 18.2 Å². The maximum atomic E-state index is 13.2. The van der Waals surface area contributed by atoms with Gasteiger partial charge in [0, 0.05) is 44.9 Å². The Morgan fingerprint density at radius 1 is 0.912 bits per heavy atom. The molecule has 0 unspecified atom stereocenters. The van der Waals surface area contributed by atoms with E-state index in [2.05, 4.69) is 21.8 Å². The first-order valence-electron chi connectivity index (χ1n) is 10.8. The lowest BCUT2D eigenvalue weighted by atomic mass is 10.1. The summed E-state index contributed by atoms with van der Waals surface area (Å²) in [5.41, 5.74) is 1.24. The first-order valence-corrected chi connectivity index (χ1v) is 12.2. The number of rotatable bonds is 7. The number of carbonyl (C=O) groups excluding carboxylic acids is 1. The lowest BCUT2D eigenvalue weighted by Gasteiger charge is -2.35. The minimum Gasteiger partial charge on any atom is -0.336 e. The number of carbonyl (C=O) groups is 1. The second-order valence-electron chi connectivity index (χ2n) is 7.96. The van der Waals surface area contributed by atoms with Crippen LogP contribution in [0.2, 0.25) is 0 Å². The van der Waals surface area contributed by atoms with E-state index < -0.39 is 14.9 Å². The lowest BCUT2D eigenvalue weighted by Crippen LogP contribution is -2.48. The molecule has 34 heavy (non-hydrogen) atoms. The molecule has 1 fully saturated rings. The molecule has 4 rings (SSSR count). The summed E-state index contributed by atoms with van der Waals surface area (Å²) in [4.78, 5) is 27.3. The smallest absolute Gasteiger partial charge is 0.270 e. The molecule has 10 heteroatoms. The van der Waals surface area contributed by atoms with Crippen LogP contribution >= 0.6 is 0 Å². The van der Waals surface area contributed by atoms with Gasteiger partial charge in [-0.15, -0.1) is 0 Å². The van der Waals surface area contributed by atoms with E-state index >= 15 is 0 Å². The zero-order valence-corrected chi connectivity index (χ0v) is 19.1. The van der Waals surface area contributed by atoms with Gasteiger partial charge < -0.3 is 4.90 Å². The van der Waals surface area contributed by atoms with Gasteiger partial charge in [-0.25, -0.2) is 8.42 Å². The molecule has 0 spiro atoms. The summed E-state index contributed by atoms with van der Waals surface area (Å²) < 4.78 is 28.2. The van der Waals surface area contributed by atoms with Gasteiger partial charge in [-0.2, -0.15) is 0 Å². The molecule has 1 saturated heterocycles. The molecule has 0 radical (unpaired) electrons. The molecule has 176 valence electrons. The third-order valence-corrected chi connectivity index (χ3v) is 7.01. The summed E-state index contributed by atoms with van der Waals surface area (Å²) in [5.74, 6) is -0.267. The maximum Gasteiger partial charge on any atom is 0.270 e. The maximum absolute atomic E-state index is 13.2. The Balaban J connectivity index is 1.46. The standard InChI is InChI=1S/C24H24N4O5S/c29-24(27-15-13-26(14-16-27)18-19-7-2-1-3-8-19)22-11-4-5-12-23(22)25-34(32,33)21-10-6-9-20(17-21)28(30)31/h1-12,17,25H,13-16,18H2. The van der Waals surface area contributed by atoms with Gasteiger partial charge in [-0.1, -0.05) is 48.5 Å². The molecule has 9 nitrogen and oxygen atoms in total. The summed E-state index contributed by atoms with van der Waals surface area (Å²) >= 11 is 0. The van der Waals surface area contributed by atoms with Gasteiger partial charge in [0.15, 0.2) is 0 Å². The van der Waals surface area contributed by atoms with E-state index in [-0.39, 0.29) is 27.7 Å². The van der Waals surface area contributed by atoms with Crippen molar-refractivity contribution in [2.24, 2.45) is 0 Å². The number of para-hydroxylation sites is 1. The number of amides is 1. The molecule has 1 aliphatic heterocycles. The highest BCUT2D eigenvalue weighted by atomic mass is 32.2. The second kappa shape index (κ2) is 10.0. The molecule has 1 amide bonds. The van der Waals surface area contributed by atoms with Crippen LogP contribution in [0, 0.1) is 10.1 Å². The highest BCUT2D eigenvalue weighted by molar-refractivity contribution is 7.92. The Kier molecular flexibility index (Phi) is 6.90. The predicted octanol–water partition coefficient (Wildman–Crippen LogP) is 3.35. The predicted molar refractivity (Wildman–Crippen MR) is 128 cm³/mol. The topological polar surface area (TPSA) is 113 Å². The zero-order chi connectivity index (χ0) is 24.1. The summed E-state index contributed by atoms with van der Waals surface area (Å²) in [7, 11) is -4.13. The number of benzene rings is 3. The molecule has 1 aliphatic rings. The molecule has 3 aromatic rings. The Bertz CT molecular complexity index is 1290. The fraction of sp³-hybridized carbons (Fsp3) is 0.208. The van der Waals surface area contributed by atoms with Crippen molar-refractivity contribution in [3.8, 4) is 0 Å². The van der Waals surface area contributed by atoms with Crippen molar-refractivity contribution in [1.29, 1.82) is 0 Å². The minimum atomic E-state index is -4.13. The van der Waals surface area contributed by atoms with Crippen molar-refractivity contribution >= 4 is 27.3 Å². The SMILES string of the molecule is O=C(c1ccccc1NS(=O)(=O)c1cccc([N+](=O)[O-])c1)N1CCN(Cc2ccccc2)CC1. The van der Waals surface area contributed by atoms with Gasteiger partial charge in [-0.05, 0) is 23.8 Å². The van der Waals surface area contributed by atoms with E-state index in [0.717, 1.165) is 12.6 Å². The van der Waals surface area contributed by atoms with Crippen LogP contribution in [0.4, 0.5) is 11.4 Å². The zero-order valence-electron chi connectivity index (χ0n) is 18.3. The number of nitrogens with one attached hydrogen (secondary N) is 1. The Hall–Kier alpha value is -3.76. The second-order valence-corrected chi connectivity index (χ2v) is 9.64. The third kappa shape index (κ3) is 5.41. The van der Waals surface area contributed by atoms with Crippen LogP contribution in [0.5, 0.6) is 0 Å². The normalized spacial score (nSPS) is 14.5. The van der Waals surface area contributed by atoms with Gasteiger partial charge >= 0.3 is 0 Å². The molecule has 1 heterocycles. The number of non-ortho nitro benzene ring substituents is 1. The Labute approximate surface area is 197 Å². The van der Waals surface area contributed by atoms with Crippen LogP contribution in [-0.2, 0) is 16.6 Å². The monoisotopic (exact) mass is 480 g/mol. The van der Waals surface area contributed by atoms with Gasteiger partial charge in [0.2, 0.25) is 0 Å². The summed E-state index contributed by atoms with van der Waals surface area (Å²) in [6.07, 6.45) is 0. The number of anilines is 1. The number of nitrogens with zero attached hydrogens (tertiary/aromatic N) is 3. The number of sulfonamides is 1. The summed E-state index contributed by atoms with van der Waals surface area (Å²) in [5, 5.41) is 11.0. The molecule has 3 aromatic carbocycles. The molecular formula is C24H24N4O5S. The van der Waals surface area contributed by atoms with E-state index in [1.54, 1.807) is 23.1 Å². The van der Waals surface area contributed by atoms with Crippen LogP contribution in [0.15, 0.2) is 83.8 Å². The van der Waals surface area contributed by atoms with Crippen molar-refractivity contribution in [2.75, 3.05) is 30.9 Å². The molecule has 0 bridgehead atoms. The van der Waals surface area contributed by atoms with Crippen molar-refractivity contribution in [3.05, 3.63) is 100 Å². The highest BCUT2D eigenvalue weighted by Crippen LogP contribution is 2.24. The van der Waals surface area contributed by atoms with Gasteiger partial charge in [-0.3, -0.25) is 24.5 Å². The van der Waals surface area contributed by atoms with Crippen molar-refractivity contribution < 1.29 is 18.1 Å². The van der Waals surface area contributed by atoms with Crippen molar-refractivity contribution in [3.63, 3.8) is 0 Å². The molecule has 0 saturated carbocycles. The Morgan fingerprint density at radius 3 is 2.29 bits per heavy atom. The number of hydrogen-bond acceptors (Lipinski definition) is 6. The quantitative estimate of drug-likeness (QED) is 0.410. The average molecular weight is 481 g/mol. The van der Waals surface area contributed by atoms with E-state index in [0.29, 0.717) is 26.2 Å². The summed E-state index contributed by atoms with van der Waals surface area (Å²) in [6.45, 7) is 3.28. The highest BCUT2D eigenvalue weighted by Gasteiger charge is 2.26. The number of nitro groups is 1. The third-order valence-electron chi connectivity index (χ3n) is 5.65. The van der Waals surface area contributed by atoms with Crippen LogP contribution in [-0.4, -0.2) is 55.2 Å². The fourth-order valence-electron chi connectivity index (χ4n) is 3.85. The molecule has 0 atom stereocenters. The number of nitro benzene ring substituents is 1. The van der Waals surface area contributed by atoms with E-state index in [1.165, 1.54) is 29.8 Å².